The number of ether oxygens (including phenoxy) is 1. The number of benzene rings is 1. The summed E-state index contributed by atoms with van der Waals surface area (Å²) < 4.78 is 5.10. The van der Waals surface area contributed by atoms with Gasteiger partial charge in [-0.25, -0.2) is 9.97 Å². The molecule has 0 aliphatic heterocycles. The predicted molar refractivity (Wildman–Crippen MR) is 78.5 cm³/mol. The van der Waals surface area contributed by atoms with Gasteiger partial charge in [0.2, 0.25) is 0 Å². The second-order valence-electron chi connectivity index (χ2n) is 4.31. The van der Waals surface area contributed by atoms with Crippen LogP contribution in [0.15, 0.2) is 42.6 Å². The van der Waals surface area contributed by atoms with Gasteiger partial charge in [0, 0.05) is 24.3 Å². The lowest BCUT2D eigenvalue weighted by molar-refractivity contribution is 0.181. The molecule has 0 amide bonds. The van der Waals surface area contributed by atoms with Crippen LogP contribution in [0.5, 0.6) is 0 Å². The average Bonchev–Trinajstić information content (AvgIpc) is 2.46. The van der Waals surface area contributed by atoms with Gasteiger partial charge in [-0.05, 0) is 18.2 Å². The maximum atomic E-state index is 6.06. The molecule has 0 spiro atoms. The molecular formula is C15H12ClN3O. The van der Waals surface area contributed by atoms with Crippen LogP contribution in [0.3, 0.4) is 0 Å². The molecule has 0 aliphatic carbocycles. The van der Waals surface area contributed by atoms with Crippen molar-refractivity contribution in [3.8, 4) is 11.4 Å². The highest BCUT2D eigenvalue weighted by Gasteiger charge is 2.09. The number of fused-ring (bicyclic) bond motifs is 1. The van der Waals surface area contributed by atoms with Gasteiger partial charge in [-0.1, -0.05) is 29.8 Å². The van der Waals surface area contributed by atoms with E-state index in [4.69, 9.17) is 16.3 Å². The number of halogens is 1. The molecule has 0 radical (unpaired) electrons. The summed E-state index contributed by atoms with van der Waals surface area (Å²) in [6.45, 7) is 0.401. The zero-order valence-corrected chi connectivity index (χ0v) is 11.6. The molecule has 0 fully saturated rings. The molecule has 2 heterocycles. The van der Waals surface area contributed by atoms with Crippen molar-refractivity contribution < 1.29 is 4.74 Å². The van der Waals surface area contributed by atoms with E-state index in [1.807, 2.05) is 30.3 Å². The fourth-order valence-electron chi connectivity index (χ4n) is 2.10. The van der Waals surface area contributed by atoms with Gasteiger partial charge in [-0.15, -0.1) is 0 Å². The van der Waals surface area contributed by atoms with Gasteiger partial charge in [0.1, 0.15) is 5.15 Å². The van der Waals surface area contributed by atoms with Crippen LogP contribution in [0.1, 0.15) is 5.69 Å². The number of nitrogens with zero attached hydrogens (tertiary/aromatic N) is 3. The van der Waals surface area contributed by atoms with Crippen molar-refractivity contribution in [2.24, 2.45) is 0 Å². The fraction of sp³-hybridized carbons (Fsp3) is 0.133. The Morgan fingerprint density at radius 2 is 2.00 bits per heavy atom. The third-order valence-corrected chi connectivity index (χ3v) is 3.12. The topological polar surface area (TPSA) is 47.9 Å². The minimum Gasteiger partial charge on any atom is -0.378 e. The summed E-state index contributed by atoms with van der Waals surface area (Å²) in [5.74, 6) is 0.586. The van der Waals surface area contributed by atoms with Crippen molar-refractivity contribution >= 4 is 22.5 Å². The summed E-state index contributed by atoms with van der Waals surface area (Å²) in [7, 11) is 1.62. The SMILES string of the molecule is COCc1cc(Cl)nc(-c2ccnc3ccccc23)n1. The Labute approximate surface area is 121 Å². The minimum absolute atomic E-state index is 0.401. The van der Waals surface area contributed by atoms with Crippen molar-refractivity contribution in [2.45, 2.75) is 6.61 Å². The lowest BCUT2D eigenvalue weighted by Gasteiger charge is -2.07. The van der Waals surface area contributed by atoms with E-state index in [9.17, 15) is 0 Å². The van der Waals surface area contributed by atoms with Crippen LogP contribution in [0.25, 0.3) is 22.3 Å². The summed E-state index contributed by atoms with van der Waals surface area (Å²) in [6.07, 6.45) is 1.75. The summed E-state index contributed by atoms with van der Waals surface area (Å²) in [4.78, 5) is 13.1. The maximum Gasteiger partial charge on any atom is 0.161 e. The molecule has 2 aromatic heterocycles. The lowest BCUT2D eigenvalue weighted by Crippen LogP contribution is -1.98. The van der Waals surface area contributed by atoms with Gasteiger partial charge in [-0.2, -0.15) is 0 Å². The van der Waals surface area contributed by atoms with E-state index in [0.29, 0.717) is 17.6 Å². The normalized spacial score (nSPS) is 10.9. The van der Waals surface area contributed by atoms with E-state index in [1.165, 1.54) is 0 Å². The van der Waals surface area contributed by atoms with Crippen LogP contribution in [0.2, 0.25) is 5.15 Å². The second kappa shape index (κ2) is 5.53. The molecule has 4 nitrogen and oxygen atoms in total. The first-order valence-corrected chi connectivity index (χ1v) is 6.52. The molecule has 0 unspecified atom stereocenters. The van der Waals surface area contributed by atoms with E-state index in [0.717, 1.165) is 22.2 Å². The lowest BCUT2D eigenvalue weighted by atomic mass is 10.1. The fourth-order valence-corrected chi connectivity index (χ4v) is 2.30. The van der Waals surface area contributed by atoms with Crippen LogP contribution in [-0.2, 0) is 11.3 Å². The molecular weight excluding hydrogens is 274 g/mol. The second-order valence-corrected chi connectivity index (χ2v) is 4.70. The Balaban J connectivity index is 2.20. The molecule has 5 heteroatoms. The van der Waals surface area contributed by atoms with Gasteiger partial charge in [0.25, 0.3) is 0 Å². The zero-order chi connectivity index (χ0) is 13.9. The molecule has 100 valence electrons. The zero-order valence-electron chi connectivity index (χ0n) is 10.9. The van der Waals surface area contributed by atoms with Gasteiger partial charge in [0.15, 0.2) is 5.82 Å². The summed E-state index contributed by atoms with van der Waals surface area (Å²) in [6, 6.07) is 11.5. The number of para-hydroxylation sites is 1. The predicted octanol–water partition coefficient (Wildman–Crippen LogP) is 3.49. The van der Waals surface area contributed by atoms with Crippen molar-refractivity contribution in [2.75, 3.05) is 7.11 Å². The van der Waals surface area contributed by atoms with Gasteiger partial charge in [0.05, 0.1) is 17.8 Å². The first-order chi connectivity index (χ1) is 9.78. The molecule has 3 rings (SSSR count). The minimum atomic E-state index is 0.401. The summed E-state index contributed by atoms with van der Waals surface area (Å²) in [5, 5.41) is 1.41. The molecule has 0 saturated carbocycles. The highest BCUT2D eigenvalue weighted by atomic mass is 35.5. The Morgan fingerprint density at radius 3 is 2.85 bits per heavy atom. The molecule has 1 aromatic carbocycles. The van der Waals surface area contributed by atoms with Crippen LogP contribution in [0, 0.1) is 0 Å². The number of hydrogen-bond donors (Lipinski definition) is 0. The largest absolute Gasteiger partial charge is 0.378 e. The first kappa shape index (κ1) is 13.0. The summed E-state index contributed by atoms with van der Waals surface area (Å²) in [5.41, 5.74) is 2.57. The van der Waals surface area contributed by atoms with Crippen molar-refractivity contribution in [1.82, 2.24) is 15.0 Å². The quantitative estimate of drug-likeness (QED) is 0.691. The summed E-state index contributed by atoms with van der Waals surface area (Å²) >= 11 is 6.06. The number of hydrogen-bond acceptors (Lipinski definition) is 4. The smallest absolute Gasteiger partial charge is 0.161 e. The Bertz CT molecular complexity index is 756. The molecule has 0 aliphatic rings. The third kappa shape index (κ3) is 2.48. The van der Waals surface area contributed by atoms with E-state index >= 15 is 0 Å². The average molecular weight is 286 g/mol. The van der Waals surface area contributed by atoms with E-state index in [2.05, 4.69) is 15.0 Å². The Kier molecular flexibility index (Phi) is 3.58. The standard InChI is InChI=1S/C15H12ClN3O/c1-20-9-10-8-14(16)19-15(18-10)12-6-7-17-13-5-3-2-4-11(12)13/h2-8H,9H2,1H3. The van der Waals surface area contributed by atoms with Crippen LogP contribution in [0.4, 0.5) is 0 Å². The number of aromatic nitrogens is 3. The van der Waals surface area contributed by atoms with Crippen molar-refractivity contribution in [1.29, 1.82) is 0 Å². The van der Waals surface area contributed by atoms with Crippen LogP contribution in [-0.4, -0.2) is 22.1 Å². The maximum absolute atomic E-state index is 6.06. The molecule has 0 N–H and O–H groups in total. The number of methoxy groups -OCH3 is 1. The molecule has 0 atom stereocenters. The molecule has 3 aromatic rings. The van der Waals surface area contributed by atoms with E-state index in [1.54, 1.807) is 19.4 Å². The molecule has 0 bridgehead atoms. The number of pyridine rings is 1. The van der Waals surface area contributed by atoms with Crippen LogP contribution >= 0.6 is 11.6 Å². The number of rotatable bonds is 3. The Hall–Kier alpha value is -2.04. The van der Waals surface area contributed by atoms with Crippen LogP contribution < -0.4 is 0 Å². The van der Waals surface area contributed by atoms with Crippen molar-refractivity contribution in [3.63, 3.8) is 0 Å². The van der Waals surface area contributed by atoms with Gasteiger partial charge >= 0.3 is 0 Å². The highest BCUT2D eigenvalue weighted by molar-refractivity contribution is 6.29. The Morgan fingerprint density at radius 1 is 1.15 bits per heavy atom. The first-order valence-electron chi connectivity index (χ1n) is 6.14. The van der Waals surface area contributed by atoms with E-state index in [-0.39, 0.29) is 0 Å². The molecule has 0 saturated heterocycles. The van der Waals surface area contributed by atoms with Gasteiger partial charge in [-0.3, -0.25) is 4.98 Å². The monoisotopic (exact) mass is 285 g/mol. The van der Waals surface area contributed by atoms with Crippen molar-refractivity contribution in [3.05, 3.63) is 53.4 Å². The van der Waals surface area contributed by atoms with Gasteiger partial charge < -0.3 is 4.74 Å². The molecule has 20 heavy (non-hydrogen) atoms. The highest BCUT2D eigenvalue weighted by Crippen LogP contribution is 2.25. The van der Waals surface area contributed by atoms with E-state index < -0.39 is 0 Å². The third-order valence-electron chi connectivity index (χ3n) is 2.93.